The van der Waals surface area contributed by atoms with Crippen molar-refractivity contribution in [3.05, 3.63) is 81.7 Å². The Morgan fingerprint density at radius 2 is 1.38 bits per heavy atom. The van der Waals surface area contributed by atoms with Gasteiger partial charge in [0.05, 0.1) is 13.0 Å². The number of carbonyl (C=O) groups excluding carboxylic acids is 3. The maximum atomic E-state index is 12.2. The largest absolute Gasteiger partial charge is 0.362 e. The number of imidazole rings is 1. The normalized spacial score (nSPS) is 11.9. The summed E-state index contributed by atoms with van der Waals surface area (Å²) in [5.41, 5.74) is 1.41. The van der Waals surface area contributed by atoms with Gasteiger partial charge in [-0.05, 0) is 59.7 Å². The Hall–Kier alpha value is -6.46. The van der Waals surface area contributed by atoms with Gasteiger partial charge in [0.15, 0.2) is 22.8 Å². The molecule has 18 nitrogen and oxygen atoms in total. The third-order valence-corrected chi connectivity index (χ3v) is 8.33. The van der Waals surface area contributed by atoms with Crippen LogP contribution in [0.4, 0.5) is 29.1 Å². The molecule has 0 spiro atoms. The van der Waals surface area contributed by atoms with E-state index >= 15 is 0 Å². The Kier molecular flexibility index (Phi) is 14.1. The minimum absolute atomic E-state index is 0.0647. The first-order chi connectivity index (χ1) is 26.5. The van der Waals surface area contributed by atoms with Gasteiger partial charge in [0.25, 0.3) is 11.5 Å². The van der Waals surface area contributed by atoms with Crippen molar-refractivity contribution in [2.45, 2.75) is 87.4 Å². The number of H-pyrrole nitrogens is 1. The van der Waals surface area contributed by atoms with E-state index in [4.69, 9.17) is 0 Å². The number of benzene rings is 1. The molecule has 0 saturated heterocycles. The van der Waals surface area contributed by atoms with E-state index in [1.165, 1.54) is 10.9 Å². The molecule has 1 aliphatic rings. The minimum atomic E-state index is -0.358. The molecule has 6 rings (SSSR count). The van der Waals surface area contributed by atoms with E-state index in [-0.39, 0.29) is 64.4 Å². The maximum absolute atomic E-state index is 12.2. The molecule has 1 aromatic carbocycles. The zero-order valence-electron chi connectivity index (χ0n) is 33.4. The first-order valence-electron chi connectivity index (χ1n) is 18.4. The third kappa shape index (κ3) is 10.6. The number of amides is 3. The Balaban J connectivity index is 0.000000189. The minimum Gasteiger partial charge on any atom is -0.362 e. The summed E-state index contributed by atoms with van der Waals surface area (Å²) in [6.07, 6.45) is 4.68. The van der Waals surface area contributed by atoms with Gasteiger partial charge in [0, 0.05) is 41.7 Å². The summed E-state index contributed by atoms with van der Waals surface area (Å²) in [4.78, 5) is 83.8. The first-order valence-corrected chi connectivity index (χ1v) is 18.4. The number of fused-ring (bicyclic) bond motifs is 2. The number of anilines is 5. The molecule has 0 fully saturated rings. The fourth-order valence-electron chi connectivity index (χ4n) is 5.06. The summed E-state index contributed by atoms with van der Waals surface area (Å²) in [6, 6.07) is 11.2. The molecule has 0 saturated carbocycles. The van der Waals surface area contributed by atoms with Crippen molar-refractivity contribution < 1.29 is 14.4 Å². The molecule has 0 radical (unpaired) electrons. The van der Waals surface area contributed by atoms with Gasteiger partial charge in [0.2, 0.25) is 17.8 Å². The summed E-state index contributed by atoms with van der Waals surface area (Å²) >= 11 is 0. The van der Waals surface area contributed by atoms with Gasteiger partial charge in [-0.15, -0.1) is 0 Å². The van der Waals surface area contributed by atoms with Gasteiger partial charge in [-0.25, -0.2) is 19.7 Å². The van der Waals surface area contributed by atoms with Crippen LogP contribution in [0.25, 0.3) is 11.2 Å². The van der Waals surface area contributed by atoms with Crippen molar-refractivity contribution in [3.63, 3.8) is 0 Å². The van der Waals surface area contributed by atoms with Crippen LogP contribution in [0.1, 0.15) is 91.7 Å². The Morgan fingerprint density at radius 1 is 0.732 bits per heavy atom. The van der Waals surface area contributed by atoms with Crippen LogP contribution in [-0.4, -0.2) is 69.5 Å². The lowest BCUT2D eigenvalue weighted by atomic mass is 10.2. The van der Waals surface area contributed by atoms with Crippen molar-refractivity contribution in [1.82, 2.24) is 39.0 Å². The molecule has 4 aromatic heterocycles. The molecule has 56 heavy (non-hydrogen) atoms. The molecule has 5 heterocycles. The Labute approximate surface area is 324 Å². The van der Waals surface area contributed by atoms with E-state index in [1.807, 2.05) is 45.9 Å². The second-order valence-electron chi connectivity index (χ2n) is 14.4. The third-order valence-electron chi connectivity index (χ3n) is 8.33. The fraction of sp³-hybridized carbons (Fsp3) is 0.421. The van der Waals surface area contributed by atoms with Gasteiger partial charge in [-0.2, -0.15) is 9.97 Å². The summed E-state index contributed by atoms with van der Waals surface area (Å²) in [7, 11) is 0. The highest BCUT2D eigenvalue weighted by atomic mass is 16.2. The average Bonchev–Trinajstić information content (AvgIpc) is 3.78. The molecular weight excluding hydrogens is 719 g/mol. The molecule has 0 atom stereocenters. The van der Waals surface area contributed by atoms with Gasteiger partial charge in [-0.1, -0.05) is 45.9 Å². The van der Waals surface area contributed by atoms with Gasteiger partial charge in [0.1, 0.15) is 17.8 Å². The van der Waals surface area contributed by atoms with E-state index < -0.39 is 0 Å². The fourth-order valence-corrected chi connectivity index (χ4v) is 5.06. The standard InChI is InChI=1S/C15H17N5O.C12H17N5O2.C11H17N3O2/c1-10(2)20-9-18-12-13(16-8-17-14(12)20)19-15(21)11-6-4-3-5-7-11;1-6(2)10(18)15-12-14-9-8(11(19)16-12)13-5-17(9)7(3)4;1-7(2)10(15)12-9-5-6-14(8(3)4)11(16)13-9/h3-8,10,18H,9H2,1-2H3,(H,16,17,19,21);5-7H,1-4H3,(H2,14,15,16,18,19);5-8H,1-4H3,(H,12,13,15,16). The molecule has 3 amide bonds. The van der Waals surface area contributed by atoms with Crippen molar-refractivity contribution in [2.75, 3.05) is 32.8 Å². The molecule has 18 heteroatoms. The topological polar surface area (TPSA) is 227 Å². The van der Waals surface area contributed by atoms with Crippen LogP contribution in [0.15, 0.2) is 64.8 Å². The van der Waals surface area contributed by atoms with Crippen LogP contribution < -0.4 is 37.4 Å². The number of rotatable bonds is 9. The molecule has 0 aliphatic carbocycles. The average molecular weight is 770 g/mol. The van der Waals surface area contributed by atoms with Crippen LogP contribution in [0.5, 0.6) is 0 Å². The summed E-state index contributed by atoms with van der Waals surface area (Å²) in [5, 5.41) is 11.3. The summed E-state index contributed by atoms with van der Waals surface area (Å²) in [6.45, 7) is 19.7. The number of carbonyl (C=O) groups is 3. The van der Waals surface area contributed by atoms with Gasteiger partial charge in [-0.3, -0.25) is 34.0 Å². The predicted molar refractivity (Wildman–Crippen MR) is 217 cm³/mol. The number of aromatic amines is 1. The first kappa shape index (κ1) is 42.3. The van der Waals surface area contributed by atoms with Crippen LogP contribution in [0, 0.1) is 11.8 Å². The lowest BCUT2D eigenvalue weighted by Gasteiger charge is -2.21. The van der Waals surface area contributed by atoms with Crippen LogP contribution in [0.2, 0.25) is 0 Å². The van der Waals surface area contributed by atoms with E-state index in [1.54, 1.807) is 63.0 Å². The van der Waals surface area contributed by atoms with Crippen molar-refractivity contribution in [3.8, 4) is 0 Å². The van der Waals surface area contributed by atoms with E-state index in [9.17, 15) is 24.0 Å². The van der Waals surface area contributed by atoms with Gasteiger partial charge >= 0.3 is 5.69 Å². The molecule has 0 bridgehead atoms. The zero-order chi connectivity index (χ0) is 41.3. The maximum Gasteiger partial charge on any atom is 0.349 e. The number of hydrogen-bond acceptors (Lipinski definition) is 12. The summed E-state index contributed by atoms with van der Waals surface area (Å²) < 4.78 is 3.29. The monoisotopic (exact) mass is 769 g/mol. The lowest BCUT2D eigenvalue weighted by Crippen LogP contribution is -2.30. The van der Waals surface area contributed by atoms with E-state index in [0.717, 1.165) is 11.5 Å². The highest BCUT2D eigenvalue weighted by Crippen LogP contribution is 2.35. The zero-order valence-corrected chi connectivity index (χ0v) is 33.4. The Bertz CT molecular complexity index is 2260. The molecule has 5 N–H and O–H groups in total. The molecule has 298 valence electrons. The predicted octanol–water partition coefficient (Wildman–Crippen LogP) is 5.04. The van der Waals surface area contributed by atoms with Crippen molar-refractivity contribution in [1.29, 1.82) is 0 Å². The lowest BCUT2D eigenvalue weighted by molar-refractivity contribution is -0.119. The molecular formula is C38H51N13O5. The van der Waals surface area contributed by atoms with Crippen molar-refractivity contribution in [2.24, 2.45) is 11.8 Å². The second-order valence-corrected chi connectivity index (χ2v) is 14.4. The molecule has 5 aromatic rings. The van der Waals surface area contributed by atoms with E-state index in [0.29, 0.717) is 35.6 Å². The molecule has 0 unspecified atom stereocenters. The van der Waals surface area contributed by atoms with Crippen LogP contribution in [0.3, 0.4) is 0 Å². The van der Waals surface area contributed by atoms with E-state index in [2.05, 4.69) is 69.9 Å². The number of aromatic nitrogens is 8. The SMILES string of the molecule is CC(C)C(=O)Nc1ccn(C(C)C)c(=O)n1.CC(C)C(=O)Nc1nc2c(ncn2C(C)C)c(=O)[nH]1.CC(C)N1CNc2c(NC(=O)c3ccccc3)ncnc21. The second kappa shape index (κ2) is 18.7. The highest BCUT2D eigenvalue weighted by Gasteiger charge is 2.26. The van der Waals surface area contributed by atoms with Crippen LogP contribution in [-0.2, 0) is 9.59 Å². The number of nitrogens with zero attached hydrogens (tertiary/aromatic N) is 8. The Morgan fingerprint density at radius 3 is 1.96 bits per heavy atom. The van der Waals surface area contributed by atoms with Gasteiger partial charge < -0.3 is 25.4 Å². The molecule has 1 aliphatic heterocycles. The summed E-state index contributed by atoms with van der Waals surface area (Å²) in [5.74, 6) is 0.957. The quantitative estimate of drug-likeness (QED) is 0.133. The number of nitrogens with one attached hydrogen (secondary N) is 5. The smallest absolute Gasteiger partial charge is 0.349 e. The van der Waals surface area contributed by atoms with Crippen LogP contribution >= 0.6 is 0 Å². The highest BCUT2D eigenvalue weighted by molar-refractivity contribution is 6.06. The van der Waals surface area contributed by atoms with Crippen molar-refractivity contribution >= 4 is 58.0 Å². The number of hydrogen-bond donors (Lipinski definition) is 5.